The van der Waals surface area contributed by atoms with E-state index in [1.54, 1.807) is 0 Å². The van der Waals surface area contributed by atoms with Crippen molar-refractivity contribution in [3.63, 3.8) is 0 Å². The topological polar surface area (TPSA) is 78.9 Å². The Bertz CT molecular complexity index is 1690. The zero-order chi connectivity index (χ0) is 59.2. The molecule has 0 aromatic rings. The average Bonchev–Trinajstić information content (AvgIpc) is 3.47. The minimum atomic E-state index is -0.789. The molecule has 0 amide bonds. The lowest BCUT2D eigenvalue weighted by atomic mass is 10.0. The lowest BCUT2D eigenvalue weighted by Crippen LogP contribution is -2.30. The van der Waals surface area contributed by atoms with Crippen molar-refractivity contribution in [1.29, 1.82) is 0 Å². The van der Waals surface area contributed by atoms with Gasteiger partial charge in [0.1, 0.15) is 13.2 Å². The third kappa shape index (κ3) is 66.6. The fourth-order valence-electron chi connectivity index (χ4n) is 9.55. The second-order valence-corrected chi connectivity index (χ2v) is 22.7. The van der Waals surface area contributed by atoms with Crippen LogP contribution in [0.5, 0.6) is 0 Å². The summed E-state index contributed by atoms with van der Waals surface area (Å²) in [4.78, 5) is 38.3. The average molecular weight is 1140 g/mol. The summed E-state index contributed by atoms with van der Waals surface area (Å²) in [5.41, 5.74) is 0. The van der Waals surface area contributed by atoms with Crippen molar-refractivity contribution in [2.75, 3.05) is 13.2 Å². The first-order valence-corrected chi connectivity index (χ1v) is 34.5. The van der Waals surface area contributed by atoms with Gasteiger partial charge in [-0.3, -0.25) is 14.4 Å². The van der Waals surface area contributed by atoms with E-state index in [1.165, 1.54) is 148 Å². The van der Waals surface area contributed by atoms with Gasteiger partial charge in [0, 0.05) is 19.3 Å². The molecule has 1 unspecified atom stereocenters. The Labute approximate surface area is 507 Å². The number of unbranched alkanes of at least 4 members (excludes halogenated alkanes) is 31. The Hall–Kier alpha value is -4.19. The molecule has 0 aromatic carbocycles. The van der Waals surface area contributed by atoms with Crippen LogP contribution in [0.3, 0.4) is 0 Å². The van der Waals surface area contributed by atoms with E-state index in [-0.39, 0.29) is 31.1 Å². The van der Waals surface area contributed by atoms with Crippen LogP contribution in [-0.4, -0.2) is 37.2 Å². The number of carbonyl (C=O) groups excluding carboxylic acids is 3. The van der Waals surface area contributed by atoms with E-state index in [2.05, 4.69) is 142 Å². The highest BCUT2D eigenvalue weighted by Crippen LogP contribution is 2.16. The van der Waals surface area contributed by atoms with Gasteiger partial charge < -0.3 is 14.2 Å². The molecule has 0 radical (unpaired) electrons. The normalized spacial score (nSPS) is 12.9. The number of esters is 3. The molecule has 0 N–H and O–H groups in total. The molecule has 0 bridgehead atoms. The summed E-state index contributed by atoms with van der Waals surface area (Å²) in [6.07, 6.45) is 96.4. The van der Waals surface area contributed by atoms with Gasteiger partial charge in [0.2, 0.25) is 0 Å². The van der Waals surface area contributed by atoms with Gasteiger partial charge in [-0.25, -0.2) is 0 Å². The van der Waals surface area contributed by atoms with Crippen LogP contribution in [0.4, 0.5) is 0 Å². The molecule has 6 nitrogen and oxygen atoms in total. The summed E-state index contributed by atoms with van der Waals surface area (Å²) < 4.78 is 16.9. The zero-order valence-corrected chi connectivity index (χ0v) is 53.7. The molecule has 6 heteroatoms. The molecule has 0 heterocycles. The molecular weight excluding hydrogens is 1010 g/mol. The Balaban J connectivity index is 4.31. The van der Waals surface area contributed by atoms with Gasteiger partial charge in [-0.05, 0) is 116 Å². The monoisotopic (exact) mass is 1140 g/mol. The first-order valence-electron chi connectivity index (χ1n) is 34.5. The molecule has 1 atom stereocenters. The van der Waals surface area contributed by atoms with E-state index in [4.69, 9.17) is 14.2 Å². The lowest BCUT2D eigenvalue weighted by Gasteiger charge is -2.18. The van der Waals surface area contributed by atoms with E-state index < -0.39 is 6.10 Å². The number of carbonyl (C=O) groups is 3. The van der Waals surface area contributed by atoms with Crippen LogP contribution in [0.25, 0.3) is 0 Å². The van der Waals surface area contributed by atoms with Gasteiger partial charge in [0.25, 0.3) is 0 Å². The van der Waals surface area contributed by atoms with Crippen molar-refractivity contribution in [2.45, 2.75) is 329 Å². The van der Waals surface area contributed by atoms with Gasteiger partial charge >= 0.3 is 17.9 Å². The largest absolute Gasteiger partial charge is 0.462 e. The molecule has 0 spiro atoms. The molecular formula is C76H128O6. The van der Waals surface area contributed by atoms with Crippen molar-refractivity contribution in [2.24, 2.45) is 0 Å². The number of ether oxygens (including phenoxy) is 3. The summed E-state index contributed by atoms with van der Waals surface area (Å²) in [5.74, 6) is -0.896. The minimum absolute atomic E-state index is 0.0833. The van der Waals surface area contributed by atoms with Crippen LogP contribution in [0, 0.1) is 0 Å². The maximum atomic E-state index is 12.9. The molecule has 0 aliphatic heterocycles. The molecule has 0 saturated carbocycles. The molecule has 0 aliphatic carbocycles. The first kappa shape index (κ1) is 77.8. The predicted molar refractivity (Wildman–Crippen MR) is 357 cm³/mol. The highest BCUT2D eigenvalue weighted by molar-refractivity contribution is 5.71. The third-order valence-electron chi connectivity index (χ3n) is 14.7. The number of rotatable bonds is 62. The molecule has 468 valence electrons. The summed E-state index contributed by atoms with van der Waals surface area (Å²) in [5, 5.41) is 0. The molecule has 82 heavy (non-hydrogen) atoms. The van der Waals surface area contributed by atoms with E-state index in [1.807, 2.05) is 0 Å². The Morgan fingerprint density at radius 1 is 0.256 bits per heavy atom. The summed E-state index contributed by atoms with van der Waals surface area (Å²) in [6.45, 7) is 6.53. The number of allylic oxidation sites excluding steroid dienone is 20. The van der Waals surface area contributed by atoms with Crippen molar-refractivity contribution in [3.8, 4) is 0 Å². The highest BCUT2D eigenvalue weighted by atomic mass is 16.6. The lowest BCUT2D eigenvalue weighted by molar-refractivity contribution is -0.167. The van der Waals surface area contributed by atoms with Gasteiger partial charge in [-0.1, -0.05) is 309 Å². The SMILES string of the molecule is CC/C=C\C/C=C\C/C=C\C/C=C\C/C=C\C/C=C\C/C=C\C/C=C\C/C=C\CCCCCCCC(=O)OCC(COC(=O)CCCCCCCCCCCCCC)OC(=O)CCCCCCCCCCC/C=C\CCCCCCCC. The Kier molecular flexibility index (Phi) is 65.8. The fourth-order valence-corrected chi connectivity index (χ4v) is 9.55. The first-order chi connectivity index (χ1) is 40.5. The van der Waals surface area contributed by atoms with Crippen molar-refractivity contribution >= 4 is 17.9 Å². The molecule has 0 aromatic heterocycles. The molecule has 0 rings (SSSR count). The second-order valence-electron chi connectivity index (χ2n) is 22.7. The van der Waals surface area contributed by atoms with E-state index in [0.717, 1.165) is 135 Å². The van der Waals surface area contributed by atoms with Gasteiger partial charge in [-0.2, -0.15) is 0 Å². The van der Waals surface area contributed by atoms with Crippen LogP contribution in [0.2, 0.25) is 0 Å². The summed E-state index contributed by atoms with van der Waals surface area (Å²) in [7, 11) is 0. The van der Waals surface area contributed by atoms with E-state index in [9.17, 15) is 14.4 Å². The minimum Gasteiger partial charge on any atom is -0.462 e. The van der Waals surface area contributed by atoms with Crippen LogP contribution in [0.15, 0.2) is 122 Å². The van der Waals surface area contributed by atoms with E-state index in [0.29, 0.717) is 19.3 Å². The smallest absolute Gasteiger partial charge is 0.306 e. The second kappa shape index (κ2) is 69.3. The van der Waals surface area contributed by atoms with Gasteiger partial charge in [0.15, 0.2) is 6.10 Å². The maximum Gasteiger partial charge on any atom is 0.306 e. The number of hydrogen-bond acceptors (Lipinski definition) is 6. The fraction of sp³-hybridized carbons (Fsp3) is 0.697. The Morgan fingerprint density at radius 3 is 0.756 bits per heavy atom. The van der Waals surface area contributed by atoms with Gasteiger partial charge in [-0.15, -0.1) is 0 Å². The maximum absolute atomic E-state index is 12.9. The molecule has 0 fully saturated rings. The zero-order valence-electron chi connectivity index (χ0n) is 53.7. The van der Waals surface area contributed by atoms with Crippen LogP contribution < -0.4 is 0 Å². The summed E-state index contributed by atoms with van der Waals surface area (Å²) in [6, 6.07) is 0. The Morgan fingerprint density at radius 2 is 0.476 bits per heavy atom. The van der Waals surface area contributed by atoms with Gasteiger partial charge in [0.05, 0.1) is 0 Å². The van der Waals surface area contributed by atoms with Crippen molar-refractivity contribution in [3.05, 3.63) is 122 Å². The van der Waals surface area contributed by atoms with E-state index >= 15 is 0 Å². The highest BCUT2D eigenvalue weighted by Gasteiger charge is 2.19. The van der Waals surface area contributed by atoms with Crippen molar-refractivity contribution < 1.29 is 28.6 Å². The summed E-state index contributed by atoms with van der Waals surface area (Å²) >= 11 is 0. The quantitative estimate of drug-likeness (QED) is 0.0261. The molecule has 0 saturated heterocycles. The van der Waals surface area contributed by atoms with Crippen LogP contribution in [0.1, 0.15) is 323 Å². The van der Waals surface area contributed by atoms with Crippen LogP contribution in [-0.2, 0) is 28.6 Å². The number of hydrogen-bond donors (Lipinski definition) is 0. The van der Waals surface area contributed by atoms with Crippen LogP contribution >= 0.6 is 0 Å². The molecule has 0 aliphatic rings. The predicted octanol–water partition coefficient (Wildman–Crippen LogP) is 23.9. The van der Waals surface area contributed by atoms with Crippen molar-refractivity contribution in [1.82, 2.24) is 0 Å². The standard InChI is InChI=1S/C76H128O6/c1-4-7-10-13-16-19-22-25-27-29-31-32-33-34-35-36-37-38-39-40-41-42-43-44-46-47-49-51-54-57-60-63-66-69-75(78)81-72-73(71-80-74(77)68-65-62-59-56-53-24-21-18-15-12-9-6-3)82-76(79)70-67-64-61-58-55-52-50-48-45-30-28-26-23-20-17-14-11-8-5-2/h7,10,16,19,25-28,31-32,34-35,37-38,40-41,43-44,47,49,73H,4-6,8-9,11-15,17-18,20-24,29-30,33,36,39,42,45-46,48,50-72H2,1-3H3/b10-7-,19-16-,27-25-,28-26-,32-31-,35-34-,38-37-,41-40-,44-43-,49-47-. The third-order valence-corrected chi connectivity index (χ3v) is 14.7.